The first-order chi connectivity index (χ1) is 11.2. The summed E-state index contributed by atoms with van der Waals surface area (Å²) in [7, 11) is -3.42. The Bertz CT molecular complexity index is 898. The van der Waals surface area contributed by atoms with Crippen molar-refractivity contribution in [2.24, 2.45) is 0 Å². The van der Waals surface area contributed by atoms with E-state index in [1.54, 1.807) is 12.1 Å². The van der Waals surface area contributed by atoms with E-state index in [1.165, 1.54) is 6.07 Å². The summed E-state index contributed by atoms with van der Waals surface area (Å²) in [6.07, 6.45) is 2.98. The summed E-state index contributed by atoms with van der Waals surface area (Å²) in [6, 6.07) is 6.32. The highest BCUT2D eigenvalue weighted by Gasteiger charge is 2.28. The molecular formula is C16H14BrF2NO3S. The largest absolute Gasteiger partial charge is 0.453 e. The van der Waals surface area contributed by atoms with Gasteiger partial charge < -0.3 is 4.74 Å². The van der Waals surface area contributed by atoms with Crippen molar-refractivity contribution in [3.8, 4) is 11.5 Å². The lowest BCUT2D eigenvalue weighted by atomic mass is 10.1. The summed E-state index contributed by atoms with van der Waals surface area (Å²) in [5.41, 5.74) is 1.26. The molecule has 128 valence electrons. The van der Waals surface area contributed by atoms with Crippen LogP contribution in [0.3, 0.4) is 0 Å². The number of hydrogen-bond acceptors (Lipinski definition) is 3. The lowest BCUT2D eigenvalue weighted by Crippen LogP contribution is -2.11. The quantitative estimate of drug-likeness (QED) is 0.761. The number of benzene rings is 2. The second-order valence-electron chi connectivity index (χ2n) is 5.70. The lowest BCUT2D eigenvalue weighted by molar-refractivity contribution is 0.435. The predicted molar refractivity (Wildman–Crippen MR) is 91.0 cm³/mol. The molecule has 2 aromatic rings. The first-order valence-corrected chi connectivity index (χ1v) is 9.85. The number of nitrogens with one attached hydrogen (secondary N) is 1. The number of ether oxygens (including phenoxy) is 1. The molecule has 0 heterocycles. The van der Waals surface area contributed by atoms with Crippen LogP contribution in [-0.2, 0) is 10.0 Å². The Morgan fingerprint density at radius 3 is 2.46 bits per heavy atom. The van der Waals surface area contributed by atoms with Gasteiger partial charge in [-0.3, -0.25) is 4.72 Å². The molecule has 0 saturated heterocycles. The Labute approximate surface area is 147 Å². The van der Waals surface area contributed by atoms with Gasteiger partial charge in [-0.1, -0.05) is 0 Å². The van der Waals surface area contributed by atoms with Gasteiger partial charge in [0.15, 0.2) is 11.6 Å². The van der Waals surface area contributed by atoms with Crippen LogP contribution in [0.25, 0.3) is 0 Å². The molecule has 2 aromatic carbocycles. The van der Waals surface area contributed by atoms with Gasteiger partial charge in [0, 0.05) is 6.07 Å². The number of halogens is 3. The zero-order valence-electron chi connectivity index (χ0n) is 12.6. The smallest absolute Gasteiger partial charge is 0.229 e. The van der Waals surface area contributed by atoms with Crippen molar-refractivity contribution in [1.82, 2.24) is 0 Å². The molecule has 0 amide bonds. The van der Waals surface area contributed by atoms with Gasteiger partial charge in [0.2, 0.25) is 10.0 Å². The van der Waals surface area contributed by atoms with Crippen LogP contribution >= 0.6 is 15.9 Å². The van der Waals surface area contributed by atoms with E-state index < -0.39 is 21.7 Å². The standard InChI is InChI=1S/C16H14BrF2NO3S/c1-24(21,22)20-14-8-12(17)16(7-11(14)9-2-3-9)23-15-5-4-10(18)6-13(15)19/h4-9,20H,2-3H2,1H3. The lowest BCUT2D eigenvalue weighted by Gasteiger charge is -2.15. The number of sulfonamides is 1. The molecule has 0 aliphatic heterocycles. The number of hydrogen-bond donors (Lipinski definition) is 1. The summed E-state index contributed by atoms with van der Waals surface area (Å²) in [5.74, 6) is -1.04. The Morgan fingerprint density at radius 2 is 1.88 bits per heavy atom. The summed E-state index contributed by atoms with van der Waals surface area (Å²) >= 11 is 3.30. The summed E-state index contributed by atoms with van der Waals surface area (Å²) in [5, 5.41) is 0. The summed E-state index contributed by atoms with van der Waals surface area (Å²) in [6.45, 7) is 0. The van der Waals surface area contributed by atoms with Crippen LogP contribution in [0.5, 0.6) is 11.5 Å². The van der Waals surface area contributed by atoms with Crippen molar-refractivity contribution in [2.75, 3.05) is 11.0 Å². The molecule has 8 heteroatoms. The Morgan fingerprint density at radius 1 is 1.17 bits per heavy atom. The maximum absolute atomic E-state index is 13.8. The molecule has 1 N–H and O–H groups in total. The fraction of sp³-hybridized carbons (Fsp3) is 0.250. The van der Waals surface area contributed by atoms with E-state index in [0.717, 1.165) is 36.8 Å². The van der Waals surface area contributed by atoms with Crippen LogP contribution in [0.15, 0.2) is 34.8 Å². The highest BCUT2D eigenvalue weighted by molar-refractivity contribution is 9.10. The first-order valence-electron chi connectivity index (χ1n) is 7.17. The monoisotopic (exact) mass is 417 g/mol. The van der Waals surface area contributed by atoms with Gasteiger partial charge in [-0.2, -0.15) is 0 Å². The van der Waals surface area contributed by atoms with Gasteiger partial charge in [-0.05, 0) is 64.5 Å². The molecule has 1 aliphatic rings. The molecule has 0 aromatic heterocycles. The molecule has 0 atom stereocenters. The third kappa shape index (κ3) is 4.05. The van der Waals surface area contributed by atoms with Crippen molar-refractivity contribution in [2.45, 2.75) is 18.8 Å². The summed E-state index contributed by atoms with van der Waals surface area (Å²) in [4.78, 5) is 0. The topological polar surface area (TPSA) is 55.4 Å². The van der Waals surface area contributed by atoms with E-state index >= 15 is 0 Å². The third-order valence-electron chi connectivity index (χ3n) is 3.53. The number of rotatable bonds is 5. The Hall–Kier alpha value is -1.67. The van der Waals surface area contributed by atoms with Crippen LogP contribution in [-0.4, -0.2) is 14.7 Å². The second-order valence-corrected chi connectivity index (χ2v) is 8.30. The molecule has 0 unspecified atom stereocenters. The molecule has 1 aliphatic carbocycles. The minimum Gasteiger partial charge on any atom is -0.453 e. The zero-order chi connectivity index (χ0) is 17.5. The highest BCUT2D eigenvalue weighted by Crippen LogP contribution is 2.47. The van der Waals surface area contributed by atoms with E-state index in [9.17, 15) is 17.2 Å². The van der Waals surface area contributed by atoms with Gasteiger partial charge in [-0.15, -0.1) is 0 Å². The van der Waals surface area contributed by atoms with Crippen molar-refractivity contribution in [1.29, 1.82) is 0 Å². The van der Waals surface area contributed by atoms with Gasteiger partial charge >= 0.3 is 0 Å². The minimum absolute atomic E-state index is 0.109. The molecular weight excluding hydrogens is 404 g/mol. The Kier molecular flexibility index (Phi) is 4.52. The minimum atomic E-state index is -3.42. The highest BCUT2D eigenvalue weighted by atomic mass is 79.9. The normalized spacial score (nSPS) is 14.5. The average molecular weight is 418 g/mol. The van der Waals surface area contributed by atoms with E-state index in [-0.39, 0.29) is 11.7 Å². The molecule has 1 fully saturated rings. The van der Waals surface area contributed by atoms with E-state index in [4.69, 9.17) is 4.74 Å². The van der Waals surface area contributed by atoms with Gasteiger partial charge in [0.25, 0.3) is 0 Å². The van der Waals surface area contributed by atoms with Crippen LogP contribution in [0.1, 0.15) is 24.3 Å². The van der Waals surface area contributed by atoms with Crippen LogP contribution < -0.4 is 9.46 Å². The Balaban J connectivity index is 1.98. The van der Waals surface area contributed by atoms with E-state index in [0.29, 0.717) is 15.9 Å². The van der Waals surface area contributed by atoms with Crippen molar-refractivity contribution >= 4 is 31.6 Å². The molecule has 4 nitrogen and oxygen atoms in total. The molecule has 0 radical (unpaired) electrons. The molecule has 0 spiro atoms. The van der Waals surface area contributed by atoms with E-state index in [2.05, 4.69) is 20.7 Å². The van der Waals surface area contributed by atoms with Crippen LogP contribution in [0.2, 0.25) is 0 Å². The second kappa shape index (κ2) is 6.33. The van der Waals surface area contributed by atoms with Gasteiger partial charge in [0.05, 0.1) is 16.4 Å². The van der Waals surface area contributed by atoms with Crippen LogP contribution in [0, 0.1) is 11.6 Å². The maximum atomic E-state index is 13.8. The van der Waals surface area contributed by atoms with Gasteiger partial charge in [-0.25, -0.2) is 17.2 Å². The first kappa shape index (κ1) is 17.2. The molecule has 24 heavy (non-hydrogen) atoms. The van der Waals surface area contributed by atoms with Crippen molar-refractivity contribution < 1.29 is 21.9 Å². The summed E-state index contributed by atoms with van der Waals surface area (Å²) < 4.78 is 58.3. The average Bonchev–Trinajstić information content (AvgIpc) is 3.27. The van der Waals surface area contributed by atoms with Crippen LogP contribution in [0.4, 0.5) is 14.5 Å². The molecule has 1 saturated carbocycles. The van der Waals surface area contributed by atoms with Crippen molar-refractivity contribution in [3.63, 3.8) is 0 Å². The van der Waals surface area contributed by atoms with Crippen molar-refractivity contribution in [3.05, 3.63) is 52.0 Å². The third-order valence-corrected chi connectivity index (χ3v) is 4.74. The SMILES string of the molecule is CS(=O)(=O)Nc1cc(Br)c(Oc2ccc(F)cc2F)cc1C1CC1. The van der Waals surface area contributed by atoms with Gasteiger partial charge in [0.1, 0.15) is 11.6 Å². The molecule has 0 bridgehead atoms. The fourth-order valence-electron chi connectivity index (χ4n) is 2.34. The predicted octanol–water partition coefficient (Wildman–Crippen LogP) is 4.77. The molecule has 3 rings (SSSR count). The number of anilines is 1. The zero-order valence-corrected chi connectivity index (χ0v) is 15.0. The van der Waals surface area contributed by atoms with E-state index in [1.807, 2.05) is 0 Å². The maximum Gasteiger partial charge on any atom is 0.229 e. The fourth-order valence-corrected chi connectivity index (χ4v) is 3.34.